The van der Waals surface area contributed by atoms with Gasteiger partial charge in [0, 0.05) is 59.8 Å². The standard InChI is InChI=1S/C32H16Cl2N8O10S4.Ni/c33-53(43,44)21-19-20(22(55(47,48)49)24(56(50,51)52)23(21)54(34,45)46)32-41-30-18-12-6-4-10-16(18)28(39-30)37-26-14-8-2-1-7-13(14)25(35-26)36-27-15-9-3-5-11-17(15)29(38-27)40-31(19)42-32;/h1-12H,(H,47,48,49)(H,50,51,52)(H2,35,36,37,38,39,40,41,42);/q;+2/p-2. The van der Waals surface area contributed by atoms with Crippen LogP contribution in [0.15, 0.2) is 92.4 Å². The van der Waals surface area contributed by atoms with E-state index in [2.05, 4.69) is 29.9 Å². The summed E-state index contributed by atoms with van der Waals surface area (Å²) in [6.07, 6.45) is 0. The molecule has 3 aromatic heterocycles. The number of nitrogens with zero attached hydrogens (tertiary/aromatic N) is 6. The molecule has 18 nitrogen and oxygen atoms in total. The van der Waals surface area contributed by atoms with E-state index < -0.39 is 80.0 Å². The Morgan fingerprint density at radius 1 is 0.421 bits per heavy atom. The van der Waals surface area contributed by atoms with E-state index in [1.54, 1.807) is 72.8 Å². The third kappa shape index (κ3) is 6.26. The fourth-order valence-electron chi connectivity index (χ4n) is 6.71. The van der Waals surface area contributed by atoms with E-state index in [4.69, 9.17) is 31.3 Å². The van der Waals surface area contributed by atoms with Crippen LogP contribution in [0.1, 0.15) is 0 Å². The Bertz CT molecular complexity index is 3390. The molecule has 0 aliphatic carbocycles. The molecule has 5 heterocycles. The fraction of sp³-hybridized carbons (Fsp3) is 0. The van der Waals surface area contributed by atoms with Crippen LogP contribution in [-0.4, -0.2) is 82.6 Å². The Hall–Kier alpha value is -4.97. The second-order valence-corrected chi connectivity index (χ2v) is 19.7. The summed E-state index contributed by atoms with van der Waals surface area (Å²) in [5, 5.41) is -0.997. The third-order valence-electron chi connectivity index (χ3n) is 8.81. The summed E-state index contributed by atoms with van der Waals surface area (Å²) in [6, 6.07) is 20.1. The molecule has 0 amide bonds. The summed E-state index contributed by atoms with van der Waals surface area (Å²) in [5.74, 6) is -0.335. The second-order valence-electron chi connectivity index (χ2n) is 12.1. The molecule has 2 aliphatic heterocycles. The zero-order valence-corrected chi connectivity index (χ0v) is 33.2. The SMILES string of the molecule is O=S(=O)([O-])c1c(S(=O)(=O)Cl)c(S(=O)(=O)Cl)c2c3nc4nc(nc5[nH]c(nc6nc(nc([nH]3)c2c1S(=O)(=O)[O-])-c1ccccc1-6)c1ccccc51)-c1ccccc1-4.[Ni+2]. The van der Waals surface area contributed by atoms with Gasteiger partial charge >= 0.3 is 16.5 Å². The Balaban J connectivity index is 0.00000455. The van der Waals surface area contributed by atoms with Gasteiger partial charge in [0.25, 0.3) is 18.1 Å². The molecule has 0 unspecified atom stereocenters. The summed E-state index contributed by atoms with van der Waals surface area (Å²) >= 11 is 0. The van der Waals surface area contributed by atoms with Gasteiger partial charge in [0.1, 0.15) is 52.6 Å². The molecule has 0 spiro atoms. The molecule has 9 rings (SSSR count). The molecule has 0 saturated heterocycles. The van der Waals surface area contributed by atoms with Crippen molar-refractivity contribution in [3.8, 4) is 45.6 Å². The maximum absolute atomic E-state index is 13.4. The first kappa shape index (κ1) is 38.9. The molecule has 2 N–H and O–H groups in total. The molecule has 4 aromatic carbocycles. The Kier molecular flexibility index (Phi) is 8.89. The van der Waals surface area contributed by atoms with Crippen molar-refractivity contribution in [1.82, 2.24) is 39.9 Å². The molecule has 0 saturated carbocycles. The average Bonchev–Trinajstić information content (AvgIpc) is 3.84. The van der Waals surface area contributed by atoms with Gasteiger partial charge in [-0.05, 0) is 0 Å². The zero-order chi connectivity index (χ0) is 39.7. The summed E-state index contributed by atoms with van der Waals surface area (Å²) in [4.78, 5) is 25.1. The molecule has 8 bridgehead atoms. The first-order valence-corrected chi connectivity index (χ1v) is 22.9. The molecule has 25 heteroatoms. The van der Waals surface area contributed by atoms with Gasteiger partial charge in [-0.2, -0.15) is 0 Å². The van der Waals surface area contributed by atoms with E-state index in [1.807, 2.05) is 0 Å². The van der Waals surface area contributed by atoms with Crippen molar-refractivity contribution in [3.63, 3.8) is 0 Å². The number of rotatable bonds is 4. The third-order valence-corrected chi connectivity index (χ3v) is 13.7. The van der Waals surface area contributed by atoms with E-state index in [9.17, 15) is 42.8 Å². The van der Waals surface area contributed by atoms with Crippen LogP contribution in [0.5, 0.6) is 0 Å². The van der Waals surface area contributed by atoms with Gasteiger partial charge in [0.05, 0.1) is 15.2 Å². The van der Waals surface area contributed by atoms with Crippen molar-refractivity contribution in [2.45, 2.75) is 19.6 Å². The molecular formula is C32H14Cl2N8NiO10S4. The molecule has 0 radical (unpaired) electrons. The molecule has 2 aliphatic rings. The predicted molar refractivity (Wildman–Crippen MR) is 198 cm³/mol. The van der Waals surface area contributed by atoms with Crippen LogP contribution in [-0.2, 0) is 54.8 Å². The molecule has 290 valence electrons. The van der Waals surface area contributed by atoms with Crippen LogP contribution in [0.25, 0.3) is 89.7 Å². The van der Waals surface area contributed by atoms with E-state index in [0.29, 0.717) is 33.2 Å². The number of hydrogen-bond acceptors (Lipinski definition) is 16. The van der Waals surface area contributed by atoms with Crippen molar-refractivity contribution in [1.29, 1.82) is 0 Å². The summed E-state index contributed by atoms with van der Waals surface area (Å²) in [7, 11) is -12.7. The summed E-state index contributed by atoms with van der Waals surface area (Å²) in [5.41, 5.74) is 0.395. The number of nitrogens with one attached hydrogen (secondary N) is 2. The van der Waals surface area contributed by atoms with Gasteiger partial charge < -0.3 is 19.1 Å². The van der Waals surface area contributed by atoms with Gasteiger partial charge in [-0.15, -0.1) is 0 Å². The Labute approximate surface area is 338 Å². The van der Waals surface area contributed by atoms with Crippen LogP contribution in [0, 0.1) is 0 Å². The molecule has 57 heavy (non-hydrogen) atoms. The van der Waals surface area contributed by atoms with Gasteiger partial charge in [-0.3, -0.25) is 0 Å². The topological polar surface area (TPSA) is 292 Å². The fourth-order valence-corrected chi connectivity index (χ4v) is 12.9. The molecular weight excluding hydrogens is 914 g/mol. The minimum atomic E-state index is -6.40. The normalized spacial score (nSPS) is 13.0. The van der Waals surface area contributed by atoms with E-state index in [1.165, 1.54) is 0 Å². The van der Waals surface area contributed by atoms with Gasteiger partial charge in [0.2, 0.25) is 0 Å². The maximum atomic E-state index is 13.4. The van der Waals surface area contributed by atoms with E-state index >= 15 is 0 Å². The number of halogens is 2. The Morgan fingerprint density at radius 3 is 1.09 bits per heavy atom. The average molecular weight is 928 g/mol. The van der Waals surface area contributed by atoms with Crippen molar-refractivity contribution >= 4 is 104 Å². The van der Waals surface area contributed by atoms with Crippen LogP contribution < -0.4 is 0 Å². The first-order chi connectivity index (χ1) is 26.3. The van der Waals surface area contributed by atoms with E-state index in [-0.39, 0.29) is 50.9 Å². The van der Waals surface area contributed by atoms with E-state index in [0.717, 1.165) is 0 Å². The number of aromatic nitrogens is 8. The maximum Gasteiger partial charge on any atom is 2.00 e. The largest absolute Gasteiger partial charge is 2.00 e. The number of benzene rings is 4. The molecule has 7 aromatic rings. The molecule has 0 atom stereocenters. The molecule has 0 fully saturated rings. The number of aromatic amines is 2. The monoisotopic (exact) mass is 926 g/mol. The smallest absolute Gasteiger partial charge is 0.744 e. The number of fused-ring (bicyclic) bond motifs is 20. The second kappa shape index (κ2) is 13.0. The van der Waals surface area contributed by atoms with Crippen LogP contribution >= 0.6 is 21.4 Å². The summed E-state index contributed by atoms with van der Waals surface area (Å²) < 4.78 is 131. The van der Waals surface area contributed by atoms with Crippen molar-refractivity contribution < 1.29 is 59.3 Å². The predicted octanol–water partition coefficient (Wildman–Crippen LogP) is 4.53. The van der Waals surface area contributed by atoms with Gasteiger partial charge in [-0.1, -0.05) is 72.8 Å². The van der Waals surface area contributed by atoms with Gasteiger partial charge in [-0.25, -0.2) is 63.6 Å². The first-order valence-electron chi connectivity index (χ1n) is 15.5. The quantitative estimate of drug-likeness (QED) is 0.139. The van der Waals surface area contributed by atoms with Crippen molar-refractivity contribution in [3.05, 3.63) is 72.8 Å². The number of hydrogen-bond donors (Lipinski definition) is 2. The zero-order valence-electron chi connectivity index (χ0n) is 27.4. The van der Waals surface area contributed by atoms with Crippen molar-refractivity contribution in [2.24, 2.45) is 0 Å². The Morgan fingerprint density at radius 2 is 0.737 bits per heavy atom. The van der Waals surface area contributed by atoms with Gasteiger partial charge in [0.15, 0.2) is 23.3 Å². The van der Waals surface area contributed by atoms with Crippen LogP contribution in [0.3, 0.4) is 0 Å². The minimum Gasteiger partial charge on any atom is -0.744 e. The van der Waals surface area contributed by atoms with Crippen LogP contribution in [0.4, 0.5) is 0 Å². The summed E-state index contributed by atoms with van der Waals surface area (Å²) in [6.45, 7) is 0. The minimum absolute atomic E-state index is 0. The number of H-pyrrole nitrogens is 2. The van der Waals surface area contributed by atoms with Crippen molar-refractivity contribution in [2.75, 3.05) is 0 Å². The van der Waals surface area contributed by atoms with Crippen LogP contribution in [0.2, 0.25) is 0 Å².